The van der Waals surface area contributed by atoms with Crippen LogP contribution in [-0.4, -0.2) is 38.2 Å². The van der Waals surface area contributed by atoms with Crippen LogP contribution >= 0.6 is 0 Å². The summed E-state index contributed by atoms with van der Waals surface area (Å²) in [6, 6.07) is 9.29. The van der Waals surface area contributed by atoms with Crippen LogP contribution in [0.2, 0.25) is 0 Å². The van der Waals surface area contributed by atoms with E-state index in [9.17, 15) is 0 Å². The minimum absolute atomic E-state index is 0.473. The number of rotatable bonds is 6. The van der Waals surface area contributed by atoms with Crippen LogP contribution in [0.3, 0.4) is 0 Å². The van der Waals surface area contributed by atoms with Crippen molar-refractivity contribution >= 4 is 11.6 Å². The Labute approximate surface area is 135 Å². The zero-order chi connectivity index (χ0) is 15.8. The molecule has 1 heterocycles. The molecule has 0 saturated carbocycles. The first-order chi connectivity index (χ1) is 10.7. The van der Waals surface area contributed by atoms with E-state index in [0.29, 0.717) is 6.04 Å². The molecule has 0 radical (unpaired) electrons. The first-order valence-corrected chi connectivity index (χ1v) is 8.59. The average Bonchev–Trinajstić information content (AvgIpc) is 2.97. The van der Waals surface area contributed by atoms with Crippen LogP contribution in [0.1, 0.15) is 38.7 Å². The number of nitrogens with zero attached hydrogens (tertiary/aromatic N) is 2. The lowest BCUT2D eigenvalue weighted by atomic mass is 10.2. The largest absolute Gasteiger partial charge is 0.369 e. The highest BCUT2D eigenvalue weighted by Crippen LogP contribution is 2.20. The predicted molar refractivity (Wildman–Crippen MR) is 95.8 cm³/mol. The summed E-state index contributed by atoms with van der Waals surface area (Å²) in [4.78, 5) is 7.10. The van der Waals surface area contributed by atoms with Gasteiger partial charge in [0.05, 0.1) is 0 Å². The second-order valence-corrected chi connectivity index (χ2v) is 6.03. The third kappa shape index (κ3) is 4.93. The van der Waals surface area contributed by atoms with Gasteiger partial charge in [-0.3, -0.25) is 4.99 Å². The summed E-state index contributed by atoms with van der Waals surface area (Å²) in [5, 5.41) is 6.93. The van der Waals surface area contributed by atoms with E-state index in [0.717, 1.165) is 45.0 Å². The molecular formula is C18H30N4. The lowest BCUT2D eigenvalue weighted by Gasteiger charge is -2.20. The van der Waals surface area contributed by atoms with Crippen LogP contribution in [0.15, 0.2) is 29.3 Å². The molecule has 2 rings (SSSR count). The fraction of sp³-hybridized carbons (Fsp3) is 0.611. The fourth-order valence-corrected chi connectivity index (χ4v) is 2.73. The molecule has 1 aliphatic rings. The molecule has 1 fully saturated rings. The van der Waals surface area contributed by atoms with Crippen LogP contribution in [0, 0.1) is 6.92 Å². The molecule has 0 bridgehead atoms. The van der Waals surface area contributed by atoms with E-state index in [1.165, 1.54) is 17.7 Å². The molecule has 22 heavy (non-hydrogen) atoms. The van der Waals surface area contributed by atoms with E-state index >= 15 is 0 Å². The Morgan fingerprint density at radius 2 is 2.05 bits per heavy atom. The molecule has 0 aromatic heterocycles. The number of unbranched alkanes of at least 4 members (excludes halogenated alkanes) is 1. The summed E-state index contributed by atoms with van der Waals surface area (Å²) in [5.74, 6) is 0.965. The van der Waals surface area contributed by atoms with Gasteiger partial charge < -0.3 is 15.5 Å². The number of hydrogen-bond donors (Lipinski definition) is 2. The van der Waals surface area contributed by atoms with Crippen LogP contribution in [0.5, 0.6) is 0 Å². The first kappa shape index (κ1) is 16.7. The van der Waals surface area contributed by atoms with Crippen molar-refractivity contribution in [2.45, 2.75) is 46.1 Å². The van der Waals surface area contributed by atoms with Crippen molar-refractivity contribution in [2.75, 3.05) is 31.1 Å². The van der Waals surface area contributed by atoms with Gasteiger partial charge in [0.1, 0.15) is 0 Å². The van der Waals surface area contributed by atoms with Crippen molar-refractivity contribution in [3.05, 3.63) is 29.8 Å². The van der Waals surface area contributed by atoms with Crippen LogP contribution < -0.4 is 15.5 Å². The van der Waals surface area contributed by atoms with Crippen LogP contribution in [-0.2, 0) is 0 Å². The average molecular weight is 302 g/mol. The second-order valence-electron chi connectivity index (χ2n) is 6.03. The zero-order valence-corrected chi connectivity index (χ0v) is 14.2. The lowest BCUT2D eigenvalue weighted by molar-refractivity contribution is 0.647. The highest BCUT2D eigenvalue weighted by molar-refractivity contribution is 5.80. The van der Waals surface area contributed by atoms with E-state index in [4.69, 9.17) is 0 Å². The van der Waals surface area contributed by atoms with Gasteiger partial charge in [-0.1, -0.05) is 31.0 Å². The van der Waals surface area contributed by atoms with Gasteiger partial charge >= 0.3 is 0 Å². The quantitative estimate of drug-likeness (QED) is 0.482. The number of aryl methyl sites for hydroxylation is 1. The molecule has 1 aromatic carbocycles. The van der Waals surface area contributed by atoms with E-state index in [2.05, 4.69) is 65.6 Å². The standard InChI is InChI=1S/C18H30N4/c1-4-6-12-20-18(19-5-2)21-16-11-13-22(14-16)17-9-7-15(3)8-10-17/h7-10,16H,4-6,11-14H2,1-3H3,(H2,19,20,21). The number of guanidine groups is 1. The minimum atomic E-state index is 0.473. The minimum Gasteiger partial charge on any atom is -0.369 e. The molecule has 2 N–H and O–H groups in total. The highest BCUT2D eigenvalue weighted by Gasteiger charge is 2.23. The summed E-state index contributed by atoms with van der Waals surface area (Å²) < 4.78 is 0. The Hall–Kier alpha value is -1.71. The SMILES string of the molecule is CCCCN=C(NCC)NC1CCN(c2ccc(C)cc2)C1. The Bertz CT molecular complexity index is 466. The summed E-state index contributed by atoms with van der Waals surface area (Å²) in [6.45, 7) is 10.4. The Balaban J connectivity index is 1.88. The lowest BCUT2D eigenvalue weighted by Crippen LogP contribution is -2.44. The van der Waals surface area contributed by atoms with Crippen molar-refractivity contribution in [3.8, 4) is 0 Å². The first-order valence-electron chi connectivity index (χ1n) is 8.59. The summed E-state index contributed by atoms with van der Waals surface area (Å²) in [6.07, 6.45) is 3.50. The van der Waals surface area contributed by atoms with Gasteiger partial charge in [-0.25, -0.2) is 0 Å². The van der Waals surface area contributed by atoms with Crippen LogP contribution in [0.25, 0.3) is 0 Å². The maximum absolute atomic E-state index is 4.65. The number of hydrogen-bond acceptors (Lipinski definition) is 2. The molecule has 122 valence electrons. The third-order valence-electron chi connectivity index (χ3n) is 4.05. The molecule has 4 heteroatoms. The molecule has 1 aromatic rings. The number of nitrogens with one attached hydrogen (secondary N) is 2. The monoisotopic (exact) mass is 302 g/mol. The van der Waals surface area contributed by atoms with Gasteiger partial charge in [0, 0.05) is 37.9 Å². The van der Waals surface area contributed by atoms with Gasteiger partial charge in [0.25, 0.3) is 0 Å². The smallest absolute Gasteiger partial charge is 0.191 e. The fourth-order valence-electron chi connectivity index (χ4n) is 2.73. The number of benzene rings is 1. The number of aliphatic imine (C=N–C) groups is 1. The Morgan fingerprint density at radius 1 is 1.27 bits per heavy atom. The van der Waals surface area contributed by atoms with Crippen molar-refractivity contribution in [3.63, 3.8) is 0 Å². The van der Waals surface area contributed by atoms with E-state index in [1.807, 2.05) is 0 Å². The van der Waals surface area contributed by atoms with E-state index in [1.54, 1.807) is 0 Å². The van der Waals surface area contributed by atoms with Crippen molar-refractivity contribution in [1.82, 2.24) is 10.6 Å². The zero-order valence-electron chi connectivity index (χ0n) is 14.2. The summed E-state index contributed by atoms with van der Waals surface area (Å²) >= 11 is 0. The van der Waals surface area contributed by atoms with Crippen molar-refractivity contribution < 1.29 is 0 Å². The van der Waals surface area contributed by atoms with Gasteiger partial charge in [0.15, 0.2) is 5.96 Å². The predicted octanol–water partition coefficient (Wildman–Crippen LogP) is 2.93. The van der Waals surface area contributed by atoms with E-state index in [-0.39, 0.29) is 0 Å². The van der Waals surface area contributed by atoms with Gasteiger partial charge in [0.2, 0.25) is 0 Å². The molecule has 1 atom stereocenters. The molecule has 1 aliphatic heterocycles. The van der Waals surface area contributed by atoms with Crippen molar-refractivity contribution in [2.24, 2.45) is 4.99 Å². The normalized spacial score (nSPS) is 18.6. The summed E-state index contributed by atoms with van der Waals surface area (Å²) in [7, 11) is 0. The molecule has 4 nitrogen and oxygen atoms in total. The van der Waals surface area contributed by atoms with Gasteiger partial charge in [-0.15, -0.1) is 0 Å². The molecular weight excluding hydrogens is 272 g/mol. The maximum Gasteiger partial charge on any atom is 0.191 e. The van der Waals surface area contributed by atoms with Crippen molar-refractivity contribution in [1.29, 1.82) is 0 Å². The molecule has 0 aliphatic carbocycles. The molecule has 0 amide bonds. The van der Waals surface area contributed by atoms with Gasteiger partial charge in [-0.05, 0) is 38.8 Å². The molecule has 1 unspecified atom stereocenters. The Kier molecular flexibility index (Phi) is 6.56. The Morgan fingerprint density at radius 3 is 2.73 bits per heavy atom. The topological polar surface area (TPSA) is 39.7 Å². The maximum atomic E-state index is 4.65. The van der Waals surface area contributed by atoms with Gasteiger partial charge in [-0.2, -0.15) is 0 Å². The molecule has 1 saturated heterocycles. The molecule has 0 spiro atoms. The number of anilines is 1. The summed E-state index contributed by atoms with van der Waals surface area (Å²) in [5.41, 5.74) is 2.64. The van der Waals surface area contributed by atoms with E-state index < -0.39 is 0 Å². The second kappa shape index (κ2) is 8.66. The highest BCUT2D eigenvalue weighted by atomic mass is 15.2. The van der Waals surface area contributed by atoms with Crippen LogP contribution in [0.4, 0.5) is 5.69 Å². The third-order valence-corrected chi connectivity index (χ3v) is 4.05.